The van der Waals surface area contributed by atoms with Gasteiger partial charge in [-0.1, -0.05) is 6.92 Å². The van der Waals surface area contributed by atoms with Crippen LogP contribution in [0.25, 0.3) is 0 Å². The third-order valence-electron chi connectivity index (χ3n) is 2.37. The average molecular weight is 204 g/mol. The van der Waals surface area contributed by atoms with Gasteiger partial charge in [-0.2, -0.15) is 0 Å². The highest BCUT2D eigenvalue weighted by Crippen LogP contribution is 2.21. The lowest BCUT2D eigenvalue weighted by Crippen LogP contribution is -2.31. The lowest BCUT2D eigenvalue weighted by atomic mass is 9.91. The van der Waals surface area contributed by atoms with E-state index in [1.807, 2.05) is 20.8 Å². The van der Waals surface area contributed by atoms with Crippen molar-refractivity contribution in [3.05, 3.63) is 0 Å². The zero-order valence-corrected chi connectivity index (χ0v) is 9.37. The number of esters is 1. The number of rotatable bonds is 6. The molecule has 14 heavy (non-hydrogen) atoms. The van der Waals surface area contributed by atoms with Crippen LogP contribution in [0.3, 0.4) is 0 Å². The van der Waals surface area contributed by atoms with Gasteiger partial charge >= 0.3 is 5.97 Å². The zero-order chi connectivity index (χ0) is 11.2. The molecule has 0 rings (SSSR count). The van der Waals surface area contributed by atoms with Gasteiger partial charge in [0, 0.05) is 7.11 Å². The number of hydrogen-bond acceptors (Lipinski definition) is 4. The van der Waals surface area contributed by atoms with Crippen LogP contribution >= 0.6 is 0 Å². The average Bonchev–Trinajstić information content (AvgIpc) is 2.19. The fourth-order valence-electron chi connectivity index (χ4n) is 0.704. The minimum absolute atomic E-state index is 0.106. The second-order valence-corrected chi connectivity index (χ2v) is 3.88. The predicted molar refractivity (Wildman–Crippen MR) is 52.9 cm³/mol. The predicted octanol–water partition coefficient (Wildman–Crippen LogP) is 0.973. The maximum absolute atomic E-state index is 11.5. The molecule has 0 bridgehead atoms. The summed E-state index contributed by atoms with van der Waals surface area (Å²) >= 11 is 0. The molecule has 0 amide bonds. The minimum atomic E-state index is -0.465. The molecule has 84 valence electrons. The van der Waals surface area contributed by atoms with Crippen molar-refractivity contribution in [2.75, 3.05) is 20.3 Å². The van der Waals surface area contributed by atoms with Crippen LogP contribution < -0.4 is 0 Å². The second kappa shape index (κ2) is 5.98. The summed E-state index contributed by atoms with van der Waals surface area (Å²) in [4.78, 5) is 11.5. The highest BCUT2D eigenvalue weighted by atomic mass is 16.6. The zero-order valence-electron chi connectivity index (χ0n) is 9.37. The van der Waals surface area contributed by atoms with E-state index in [-0.39, 0.29) is 19.2 Å². The molecule has 0 aromatic carbocycles. The van der Waals surface area contributed by atoms with Gasteiger partial charge in [-0.25, -0.2) is 0 Å². The summed E-state index contributed by atoms with van der Waals surface area (Å²) in [5.41, 5.74) is -0.465. The summed E-state index contributed by atoms with van der Waals surface area (Å²) in [5.74, 6) is -0.254. The Morgan fingerprint density at radius 3 is 2.43 bits per heavy atom. The largest absolute Gasteiger partial charge is 0.462 e. The molecule has 0 radical (unpaired) electrons. The normalized spacial score (nSPS) is 13.8. The maximum Gasteiger partial charge on any atom is 0.311 e. The number of carbonyl (C=O) groups is 1. The molecule has 0 saturated heterocycles. The summed E-state index contributed by atoms with van der Waals surface area (Å²) < 4.78 is 9.89. The van der Waals surface area contributed by atoms with Crippen LogP contribution in [0, 0.1) is 5.41 Å². The van der Waals surface area contributed by atoms with Gasteiger partial charge in [0.25, 0.3) is 0 Å². The molecule has 0 saturated carbocycles. The van der Waals surface area contributed by atoms with Crippen LogP contribution in [0.1, 0.15) is 27.2 Å². The van der Waals surface area contributed by atoms with Gasteiger partial charge in [-0.15, -0.1) is 0 Å². The monoisotopic (exact) mass is 204 g/mol. The molecule has 1 N–H and O–H groups in total. The van der Waals surface area contributed by atoms with E-state index in [0.717, 1.165) is 6.42 Å². The number of aliphatic hydroxyl groups excluding tert-OH is 1. The van der Waals surface area contributed by atoms with Crippen LogP contribution in [-0.4, -0.2) is 37.5 Å². The van der Waals surface area contributed by atoms with Gasteiger partial charge in [0.2, 0.25) is 0 Å². The van der Waals surface area contributed by atoms with Gasteiger partial charge in [0.05, 0.1) is 12.0 Å². The number of aliphatic hydroxyl groups is 1. The summed E-state index contributed by atoms with van der Waals surface area (Å²) in [6.45, 7) is 5.55. The molecule has 4 heteroatoms. The molecule has 0 aromatic rings. The molecule has 0 aliphatic carbocycles. The number of ether oxygens (including phenoxy) is 2. The fourth-order valence-corrected chi connectivity index (χ4v) is 0.704. The van der Waals surface area contributed by atoms with Crippen LogP contribution in [0.5, 0.6) is 0 Å². The van der Waals surface area contributed by atoms with Crippen LogP contribution in [0.4, 0.5) is 0 Å². The van der Waals surface area contributed by atoms with E-state index in [2.05, 4.69) is 0 Å². The fraction of sp³-hybridized carbons (Fsp3) is 0.900. The molecular weight excluding hydrogens is 184 g/mol. The minimum Gasteiger partial charge on any atom is -0.462 e. The van der Waals surface area contributed by atoms with Crippen molar-refractivity contribution in [2.24, 2.45) is 5.41 Å². The first-order valence-corrected chi connectivity index (χ1v) is 4.78. The van der Waals surface area contributed by atoms with E-state index in [1.165, 1.54) is 7.11 Å². The van der Waals surface area contributed by atoms with Gasteiger partial charge < -0.3 is 14.6 Å². The Morgan fingerprint density at radius 2 is 2.07 bits per heavy atom. The lowest BCUT2D eigenvalue weighted by molar-refractivity contribution is -0.158. The van der Waals surface area contributed by atoms with E-state index in [4.69, 9.17) is 14.6 Å². The SMILES string of the molecule is CCC(C)(C)C(=O)OCC(CO)OC. The summed E-state index contributed by atoms with van der Waals surface area (Å²) in [6, 6.07) is 0. The third kappa shape index (κ3) is 4.07. The smallest absolute Gasteiger partial charge is 0.311 e. The highest BCUT2D eigenvalue weighted by molar-refractivity contribution is 5.75. The Balaban J connectivity index is 3.95. The first-order chi connectivity index (χ1) is 6.47. The van der Waals surface area contributed by atoms with Gasteiger partial charge in [-0.3, -0.25) is 4.79 Å². The number of methoxy groups -OCH3 is 1. The van der Waals surface area contributed by atoms with Gasteiger partial charge in [-0.05, 0) is 20.3 Å². The standard InChI is InChI=1S/C10H20O4/c1-5-10(2,3)9(12)14-7-8(6-11)13-4/h8,11H,5-7H2,1-4H3. The Labute approximate surface area is 85.2 Å². The van der Waals surface area contributed by atoms with E-state index in [1.54, 1.807) is 0 Å². The van der Waals surface area contributed by atoms with Crippen molar-refractivity contribution in [3.8, 4) is 0 Å². The van der Waals surface area contributed by atoms with Crippen molar-refractivity contribution < 1.29 is 19.4 Å². The Hall–Kier alpha value is -0.610. The van der Waals surface area contributed by atoms with Crippen LogP contribution in [0.2, 0.25) is 0 Å². The second-order valence-electron chi connectivity index (χ2n) is 3.88. The van der Waals surface area contributed by atoms with E-state index in [9.17, 15) is 4.79 Å². The van der Waals surface area contributed by atoms with Crippen LogP contribution in [0.15, 0.2) is 0 Å². The van der Waals surface area contributed by atoms with Gasteiger partial charge in [0.1, 0.15) is 12.7 Å². The third-order valence-corrected chi connectivity index (χ3v) is 2.37. The summed E-state index contributed by atoms with van der Waals surface area (Å²) in [5, 5.41) is 8.78. The first kappa shape index (κ1) is 13.4. The van der Waals surface area contributed by atoms with Crippen molar-refractivity contribution in [2.45, 2.75) is 33.3 Å². The highest BCUT2D eigenvalue weighted by Gasteiger charge is 2.27. The molecule has 0 heterocycles. The Bertz CT molecular complexity index is 173. The number of carbonyl (C=O) groups excluding carboxylic acids is 1. The molecule has 1 unspecified atom stereocenters. The van der Waals surface area contributed by atoms with Crippen LogP contribution in [-0.2, 0) is 14.3 Å². The van der Waals surface area contributed by atoms with E-state index >= 15 is 0 Å². The van der Waals surface area contributed by atoms with Crippen molar-refractivity contribution >= 4 is 5.97 Å². The Morgan fingerprint density at radius 1 is 1.50 bits per heavy atom. The summed E-state index contributed by atoms with van der Waals surface area (Å²) in [7, 11) is 1.47. The van der Waals surface area contributed by atoms with E-state index in [0.29, 0.717) is 0 Å². The molecule has 0 aliphatic rings. The van der Waals surface area contributed by atoms with Crippen molar-refractivity contribution in [1.82, 2.24) is 0 Å². The molecule has 1 atom stereocenters. The van der Waals surface area contributed by atoms with Crippen molar-refractivity contribution in [1.29, 1.82) is 0 Å². The summed E-state index contributed by atoms with van der Waals surface area (Å²) in [6.07, 6.45) is 0.300. The molecule has 0 aliphatic heterocycles. The molecule has 0 aromatic heterocycles. The Kier molecular flexibility index (Phi) is 5.72. The topological polar surface area (TPSA) is 55.8 Å². The first-order valence-electron chi connectivity index (χ1n) is 4.78. The lowest BCUT2D eigenvalue weighted by Gasteiger charge is -2.21. The van der Waals surface area contributed by atoms with E-state index < -0.39 is 11.5 Å². The molecule has 0 spiro atoms. The van der Waals surface area contributed by atoms with Gasteiger partial charge in [0.15, 0.2) is 0 Å². The van der Waals surface area contributed by atoms with Crippen molar-refractivity contribution in [3.63, 3.8) is 0 Å². The maximum atomic E-state index is 11.5. The number of hydrogen-bond donors (Lipinski definition) is 1. The molecular formula is C10H20O4. The molecule has 4 nitrogen and oxygen atoms in total. The quantitative estimate of drug-likeness (QED) is 0.655. The molecule has 0 fully saturated rings.